The molecule has 2 aromatic rings. The summed E-state index contributed by atoms with van der Waals surface area (Å²) in [5.41, 5.74) is 1.40. The smallest absolute Gasteiger partial charge is 0.387 e. The summed E-state index contributed by atoms with van der Waals surface area (Å²) in [6, 6.07) is 10.3. The summed E-state index contributed by atoms with van der Waals surface area (Å²) >= 11 is 5.86. The van der Waals surface area contributed by atoms with Gasteiger partial charge in [-0.1, -0.05) is 11.6 Å². The molecule has 0 unspecified atom stereocenters. The van der Waals surface area contributed by atoms with Crippen LogP contribution in [0.25, 0.3) is 0 Å². The minimum atomic E-state index is -2.98. The Balaban J connectivity index is 1.68. The lowest BCUT2D eigenvalue weighted by Crippen LogP contribution is -2.27. The topological polar surface area (TPSA) is 70.7 Å². The molecule has 0 aliphatic carbocycles. The molecule has 1 saturated heterocycles. The molecule has 0 bridgehead atoms. The molecule has 0 radical (unpaired) electrons. The number of anilines is 2. The third kappa shape index (κ3) is 4.02. The predicted molar refractivity (Wildman–Crippen MR) is 93.2 cm³/mol. The number of alkyl halides is 2. The minimum absolute atomic E-state index is 0.0431. The summed E-state index contributed by atoms with van der Waals surface area (Å²) in [6.07, 6.45) is 0. The van der Waals surface area contributed by atoms with Crippen molar-refractivity contribution in [3.8, 4) is 5.75 Å². The molecule has 6 nitrogen and oxygen atoms in total. The number of rotatable bonds is 5. The Morgan fingerprint density at radius 2 is 1.96 bits per heavy atom. The van der Waals surface area contributed by atoms with Crippen molar-refractivity contribution in [3.05, 3.63) is 53.1 Å². The first-order valence-corrected chi connectivity index (χ1v) is 8.03. The lowest BCUT2D eigenvalue weighted by atomic mass is 10.1. The summed E-state index contributed by atoms with van der Waals surface area (Å²) in [5.74, 6) is -0.575. The van der Waals surface area contributed by atoms with Gasteiger partial charge < -0.3 is 15.4 Å². The first kappa shape index (κ1) is 17.9. The zero-order chi connectivity index (χ0) is 18.7. The fourth-order valence-corrected chi connectivity index (χ4v) is 2.71. The summed E-state index contributed by atoms with van der Waals surface area (Å²) in [6.45, 7) is -1.84. The van der Waals surface area contributed by atoms with Gasteiger partial charge in [-0.05, 0) is 42.5 Å². The van der Waals surface area contributed by atoms with Gasteiger partial charge in [0.05, 0.1) is 5.02 Å². The lowest BCUT2D eigenvalue weighted by Gasteiger charge is -2.14. The van der Waals surface area contributed by atoms with Crippen LogP contribution in [0.1, 0.15) is 10.4 Å². The molecule has 9 heteroatoms. The van der Waals surface area contributed by atoms with E-state index in [1.165, 1.54) is 18.2 Å². The van der Waals surface area contributed by atoms with Crippen molar-refractivity contribution >= 4 is 34.9 Å². The molecule has 2 aromatic carbocycles. The molecule has 0 spiro atoms. The van der Waals surface area contributed by atoms with Gasteiger partial charge in [-0.25, -0.2) is 4.79 Å². The minimum Gasteiger partial charge on any atom is -0.433 e. The number of ether oxygens (including phenoxy) is 1. The van der Waals surface area contributed by atoms with E-state index in [1.807, 2.05) is 0 Å². The van der Waals surface area contributed by atoms with Crippen LogP contribution in [-0.4, -0.2) is 31.6 Å². The number of amides is 3. The first-order valence-electron chi connectivity index (χ1n) is 7.65. The van der Waals surface area contributed by atoms with E-state index in [9.17, 15) is 18.4 Å². The maximum atomic E-state index is 12.3. The van der Waals surface area contributed by atoms with Gasteiger partial charge in [0.25, 0.3) is 5.91 Å². The Morgan fingerprint density at radius 1 is 1.23 bits per heavy atom. The molecule has 0 atom stereocenters. The van der Waals surface area contributed by atoms with Crippen molar-refractivity contribution in [1.29, 1.82) is 0 Å². The summed E-state index contributed by atoms with van der Waals surface area (Å²) < 4.78 is 28.7. The number of carbonyl (C=O) groups is 2. The summed E-state index contributed by atoms with van der Waals surface area (Å²) in [7, 11) is 0. The second-order valence-electron chi connectivity index (χ2n) is 5.41. The zero-order valence-electron chi connectivity index (χ0n) is 13.3. The highest BCUT2D eigenvalue weighted by Gasteiger charge is 2.21. The van der Waals surface area contributed by atoms with E-state index in [-0.39, 0.29) is 16.8 Å². The molecule has 3 amide bonds. The molecular weight excluding hydrogens is 368 g/mol. The van der Waals surface area contributed by atoms with E-state index in [4.69, 9.17) is 11.6 Å². The second kappa shape index (κ2) is 7.57. The van der Waals surface area contributed by atoms with Crippen molar-refractivity contribution in [3.63, 3.8) is 0 Å². The second-order valence-corrected chi connectivity index (χ2v) is 5.82. The molecular formula is C17H14ClF2N3O3. The van der Waals surface area contributed by atoms with E-state index in [2.05, 4.69) is 15.4 Å². The van der Waals surface area contributed by atoms with Crippen molar-refractivity contribution in [2.45, 2.75) is 6.61 Å². The van der Waals surface area contributed by atoms with Crippen LogP contribution in [0.4, 0.5) is 25.0 Å². The van der Waals surface area contributed by atoms with E-state index in [0.29, 0.717) is 30.0 Å². The number of hydrogen-bond donors (Lipinski definition) is 2. The summed E-state index contributed by atoms with van der Waals surface area (Å²) in [5, 5.41) is 5.27. The van der Waals surface area contributed by atoms with Crippen molar-refractivity contribution in [2.75, 3.05) is 23.3 Å². The largest absolute Gasteiger partial charge is 0.433 e. The van der Waals surface area contributed by atoms with Gasteiger partial charge in [0.15, 0.2) is 0 Å². The fourth-order valence-electron chi connectivity index (χ4n) is 2.48. The first-order chi connectivity index (χ1) is 12.4. The average molecular weight is 382 g/mol. The molecule has 136 valence electrons. The van der Waals surface area contributed by atoms with Crippen LogP contribution < -0.4 is 20.3 Å². The zero-order valence-corrected chi connectivity index (χ0v) is 14.1. The van der Waals surface area contributed by atoms with E-state index in [1.54, 1.807) is 29.2 Å². The molecule has 1 aliphatic rings. The lowest BCUT2D eigenvalue weighted by molar-refractivity contribution is -0.0497. The normalized spacial score (nSPS) is 13.7. The van der Waals surface area contributed by atoms with Gasteiger partial charge in [0, 0.05) is 30.0 Å². The third-order valence-corrected chi connectivity index (χ3v) is 4.00. The van der Waals surface area contributed by atoms with E-state index >= 15 is 0 Å². The van der Waals surface area contributed by atoms with Gasteiger partial charge >= 0.3 is 12.6 Å². The van der Waals surface area contributed by atoms with Gasteiger partial charge in [-0.15, -0.1) is 0 Å². The van der Waals surface area contributed by atoms with Crippen molar-refractivity contribution in [2.24, 2.45) is 0 Å². The number of halogens is 3. The van der Waals surface area contributed by atoms with Crippen LogP contribution in [0.5, 0.6) is 5.75 Å². The van der Waals surface area contributed by atoms with Gasteiger partial charge in [0.1, 0.15) is 5.75 Å². The monoisotopic (exact) mass is 381 g/mol. The van der Waals surface area contributed by atoms with Gasteiger partial charge in [0.2, 0.25) is 0 Å². The Labute approximate surface area is 152 Å². The van der Waals surface area contributed by atoms with Crippen LogP contribution in [0, 0.1) is 0 Å². The quantitative estimate of drug-likeness (QED) is 0.829. The van der Waals surface area contributed by atoms with E-state index < -0.39 is 12.5 Å². The highest BCUT2D eigenvalue weighted by molar-refractivity contribution is 6.32. The van der Waals surface area contributed by atoms with E-state index in [0.717, 1.165) is 0 Å². The Kier molecular flexibility index (Phi) is 5.22. The predicted octanol–water partition coefficient (Wildman–Crippen LogP) is 3.72. The molecule has 0 aromatic heterocycles. The molecule has 1 aliphatic heterocycles. The third-order valence-electron chi connectivity index (χ3n) is 3.70. The highest BCUT2D eigenvalue weighted by atomic mass is 35.5. The number of hydrogen-bond acceptors (Lipinski definition) is 3. The molecule has 26 heavy (non-hydrogen) atoms. The van der Waals surface area contributed by atoms with Gasteiger partial charge in [-0.2, -0.15) is 8.78 Å². The van der Waals surface area contributed by atoms with Crippen molar-refractivity contribution in [1.82, 2.24) is 5.32 Å². The molecule has 3 rings (SSSR count). The number of benzene rings is 2. The van der Waals surface area contributed by atoms with Crippen LogP contribution in [0.2, 0.25) is 5.02 Å². The maximum absolute atomic E-state index is 12.3. The molecule has 2 N–H and O–H groups in total. The maximum Gasteiger partial charge on any atom is 0.387 e. The van der Waals surface area contributed by atoms with Crippen LogP contribution in [0.15, 0.2) is 42.5 Å². The van der Waals surface area contributed by atoms with Crippen molar-refractivity contribution < 1.29 is 23.1 Å². The number of carbonyl (C=O) groups excluding carboxylic acids is 2. The van der Waals surface area contributed by atoms with Crippen LogP contribution in [-0.2, 0) is 0 Å². The molecule has 1 heterocycles. The number of urea groups is 1. The molecule has 0 saturated carbocycles. The van der Waals surface area contributed by atoms with Crippen LogP contribution >= 0.6 is 11.6 Å². The SMILES string of the molecule is O=C(Nc1ccc(OC(F)F)c(Cl)c1)c1ccc(N2CCNC2=O)cc1. The number of nitrogens with zero attached hydrogens (tertiary/aromatic N) is 1. The average Bonchev–Trinajstić information content (AvgIpc) is 3.03. The fraction of sp³-hybridized carbons (Fsp3) is 0.176. The van der Waals surface area contributed by atoms with Crippen LogP contribution in [0.3, 0.4) is 0 Å². The number of nitrogens with one attached hydrogen (secondary N) is 2. The molecule has 1 fully saturated rings. The highest BCUT2D eigenvalue weighted by Crippen LogP contribution is 2.29. The standard InChI is InChI=1S/C17H14ClF2N3O3/c18-13-9-11(3-6-14(13)26-16(19)20)22-15(24)10-1-4-12(5-2-10)23-8-7-21-17(23)25/h1-6,9,16H,7-8H2,(H,21,25)(H,22,24). The Hall–Kier alpha value is -2.87. The summed E-state index contributed by atoms with van der Waals surface area (Å²) in [4.78, 5) is 25.5. The Morgan fingerprint density at radius 3 is 2.54 bits per heavy atom. The Bertz CT molecular complexity index is 831. The van der Waals surface area contributed by atoms with Gasteiger partial charge in [-0.3, -0.25) is 9.69 Å².